The monoisotopic (exact) mass is 648 g/mol. The third kappa shape index (κ3) is 5.59. The molecule has 2 aliphatic heterocycles. The van der Waals surface area contributed by atoms with Crippen molar-refractivity contribution in [2.24, 2.45) is 0 Å². The Bertz CT molecular complexity index is 1860. The zero-order chi connectivity index (χ0) is 32.9. The van der Waals surface area contributed by atoms with E-state index in [4.69, 9.17) is 14.2 Å². The van der Waals surface area contributed by atoms with Crippen LogP contribution >= 0.6 is 0 Å². The van der Waals surface area contributed by atoms with Gasteiger partial charge in [0.1, 0.15) is 17.1 Å². The minimum atomic E-state index is -4.76. The molecule has 0 aliphatic carbocycles. The van der Waals surface area contributed by atoms with Gasteiger partial charge >= 0.3 is 18.3 Å². The molecule has 3 heterocycles. The Morgan fingerprint density at radius 2 is 1.78 bits per heavy atom. The van der Waals surface area contributed by atoms with Gasteiger partial charge in [0.2, 0.25) is 0 Å². The van der Waals surface area contributed by atoms with Gasteiger partial charge in [-0.1, -0.05) is 18.7 Å². The van der Waals surface area contributed by atoms with Crippen molar-refractivity contribution in [3.05, 3.63) is 59.9 Å². The van der Waals surface area contributed by atoms with Crippen LogP contribution in [0.15, 0.2) is 36.9 Å². The van der Waals surface area contributed by atoms with Gasteiger partial charge < -0.3 is 24.2 Å². The number of aromatic nitrogens is 2. The molecule has 1 aromatic heterocycles. The first-order chi connectivity index (χ1) is 21.9. The maximum absolute atomic E-state index is 16.9. The number of fused-ring (bicyclic) bond motifs is 4. The van der Waals surface area contributed by atoms with E-state index < -0.39 is 59.9 Å². The summed E-state index contributed by atoms with van der Waals surface area (Å²) >= 11 is 0. The summed E-state index contributed by atoms with van der Waals surface area (Å²) in [6, 6.07) is 4.72. The molecule has 1 N–H and O–H groups in total. The normalized spacial score (nSPS) is 18.0. The van der Waals surface area contributed by atoms with Crippen molar-refractivity contribution >= 4 is 39.7 Å². The number of piperazine rings is 1. The quantitative estimate of drug-likeness (QED) is 0.165. The molecule has 15 heteroatoms. The Kier molecular flexibility index (Phi) is 8.04. The molecule has 6 rings (SSSR count). The summed E-state index contributed by atoms with van der Waals surface area (Å²) in [4.78, 5) is 23.1. The first-order valence-corrected chi connectivity index (χ1v) is 14.1. The van der Waals surface area contributed by atoms with Crippen molar-refractivity contribution in [2.45, 2.75) is 31.1 Å². The minimum absolute atomic E-state index is 0.0249. The Labute approximate surface area is 257 Å². The zero-order valence-electron chi connectivity index (χ0n) is 24.2. The molecule has 0 saturated carbocycles. The summed E-state index contributed by atoms with van der Waals surface area (Å²) < 4.78 is 101. The van der Waals surface area contributed by atoms with E-state index in [-0.39, 0.29) is 64.3 Å². The number of benzene rings is 3. The second-order valence-electron chi connectivity index (χ2n) is 10.9. The number of ether oxygens (including phenoxy) is 3. The van der Waals surface area contributed by atoms with E-state index in [1.807, 2.05) is 0 Å². The van der Waals surface area contributed by atoms with Gasteiger partial charge in [0.25, 0.3) is 0 Å². The van der Waals surface area contributed by atoms with E-state index in [1.54, 1.807) is 4.90 Å². The molecular weight excluding hydrogens is 622 g/mol. The first-order valence-electron chi connectivity index (χ1n) is 14.1. The molecule has 2 saturated heterocycles. The van der Waals surface area contributed by atoms with E-state index in [1.165, 1.54) is 42.4 Å². The summed E-state index contributed by atoms with van der Waals surface area (Å²) in [6.07, 6.45) is -3.45. The lowest BCUT2D eigenvalue weighted by atomic mass is 9.91. The number of anilines is 1. The average molecular weight is 649 g/mol. The summed E-state index contributed by atoms with van der Waals surface area (Å²) in [5, 5.41) is 9.65. The predicted molar refractivity (Wildman–Crippen MR) is 155 cm³/mol. The molecule has 242 valence electrons. The fraction of sp³-hybridized carbons (Fsp3) is 0.323. The third-order valence-corrected chi connectivity index (χ3v) is 8.10. The lowest BCUT2D eigenvalue weighted by Crippen LogP contribution is -2.55. The first kappa shape index (κ1) is 31.2. The maximum atomic E-state index is 16.9. The van der Waals surface area contributed by atoms with Crippen LogP contribution in [0.5, 0.6) is 11.8 Å². The lowest BCUT2D eigenvalue weighted by molar-refractivity contribution is -0.154. The SMILES string of the molecule is C=Cc1cc2c(N3C[C@H]4CC[C@@H](C3)N4C(=O)O)nc(OCC(F)(F)F)nc2c(F)c1-c1cc(OCOC)cc2ccc(F)c(F)c12. The van der Waals surface area contributed by atoms with E-state index in [2.05, 4.69) is 16.5 Å². The van der Waals surface area contributed by atoms with Crippen molar-refractivity contribution < 1.29 is 50.5 Å². The Morgan fingerprint density at radius 3 is 2.41 bits per heavy atom. The molecule has 9 nitrogen and oxygen atoms in total. The highest BCUT2D eigenvalue weighted by atomic mass is 19.4. The number of hydrogen-bond donors (Lipinski definition) is 1. The molecule has 0 unspecified atom stereocenters. The Hall–Kier alpha value is -4.79. The topological polar surface area (TPSA) is 97.3 Å². The molecule has 2 aliphatic rings. The smallest absolute Gasteiger partial charge is 0.422 e. The van der Waals surface area contributed by atoms with Crippen LogP contribution in [-0.4, -0.2) is 77.9 Å². The molecule has 0 radical (unpaired) electrons. The Balaban J connectivity index is 1.59. The van der Waals surface area contributed by atoms with E-state index in [0.717, 1.165) is 6.07 Å². The largest absolute Gasteiger partial charge is 0.468 e. The number of carboxylic acid groups (broad SMARTS) is 1. The zero-order valence-corrected chi connectivity index (χ0v) is 24.2. The Morgan fingerprint density at radius 1 is 1.07 bits per heavy atom. The van der Waals surface area contributed by atoms with Crippen molar-refractivity contribution in [1.29, 1.82) is 0 Å². The van der Waals surface area contributed by atoms with Gasteiger partial charge in [0, 0.05) is 36.5 Å². The standard InChI is InChI=1S/C31H26F6N4O5/c1-3-15-9-21-27(26(34)23(15)20-10-19(46-14-44-2)8-16-4-7-22(32)25(33)24(16)20)38-29(45-13-31(35,36)37)39-28(21)40-11-17-5-6-18(12-40)41(17)30(42)43/h3-4,7-10,17-18H,1,5-6,11-14H2,2H3,(H,42,43)/t17-,18+. The average Bonchev–Trinajstić information content (AvgIpc) is 3.29. The molecule has 1 amide bonds. The van der Waals surface area contributed by atoms with E-state index >= 15 is 8.78 Å². The van der Waals surface area contributed by atoms with Crippen LogP contribution in [0.2, 0.25) is 0 Å². The second-order valence-corrected chi connectivity index (χ2v) is 10.9. The highest BCUT2D eigenvalue weighted by Gasteiger charge is 2.43. The number of hydrogen-bond acceptors (Lipinski definition) is 7. The van der Waals surface area contributed by atoms with Crippen LogP contribution in [0.4, 0.5) is 37.0 Å². The van der Waals surface area contributed by atoms with Crippen LogP contribution in [0.3, 0.4) is 0 Å². The van der Waals surface area contributed by atoms with Gasteiger partial charge in [0.15, 0.2) is 30.9 Å². The number of rotatable bonds is 8. The molecule has 0 spiro atoms. The maximum Gasteiger partial charge on any atom is 0.422 e. The fourth-order valence-electron chi connectivity index (χ4n) is 6.26. The highest BCUT2D eigenvalue weighted by Crippen LogP contribution is 2.43. The molecule has 2 bridgehead atoms. The number of alkyl halides is 3. The van der Waals surface area contributed by atoms with Crippen molar-refractivity contribution in [3.63, 3.8) is 0 Å². The molecule has 2 atom stereocenters. The van der Waals surface area contributed by atoms with Gasteiger partial charge in [0.05, 0.1) is 12.1 Å². The summed E-state index contributed by atoms with van der Waals surface area (Å²) in [5.41, 5.74) is -0.758. The fourth-order valence-corrected chi connectivity index (χ4v) is 6.26. The van der Waals surface area contributed by atoms with Crippen LogP contribution in [0.1, 0.15) is 18.4 Å². The summed E-state index contributed by atoms with van der Waals surface area (Å²) in [6.45, 7) is 2.07. The van der Waals surface area contributed by atoms with Crippen molar-refractivity contribution in [1.82, 2.24) is 14.9 Å². The van der Waals surface area contributed by atoms with E-state index in [9.17, 15) is 27.5 Å². The molecule has 2 fully saturated rings. The number of methoxy groups -OCH3 is 1. The van der Waals surface area contributed by atoms with Gasteiger partial charge in [-0.05, 0) is 53.6 Å². The number of halogens is 6. The van der Waals surface area contributed by atoms with Crippen LogP contribution < -0.4 is 14.4 Å². The van der Waals surface area contributed by atoms with Crippen molar-refractivity contribution in [2.75, 3.05) is 38.5 Å². The summed E-state index contributed by atoms with van der Waals surface area (Å²) in [7, 11) is 1.37. The number of nitrogens with zero attached hydrogens (tertiary/aromatic N) is 4. The van der Waals surface area contributed by atoms with Gasteiger partial charge in [-0.2, -0.15) is 23.1 Å². The predicted octanol–water partition coefficient (Wildman–Crippen LogP) is 6.77. The van der Waals surface area contributed by atoms with Crippen LogP contribution in [0.25, 0.3) is 38.9 Å². The highest BCUT2D eigenvalue weighted by molar-refractivity contribution is 6.04. The van der Waals surface area contributed by atoms with Crippen LogP contribution in [-0.2, 0) is 4.74 Å². The third-order valence-electron chi connectivity index (χ3n) is 8.10. The molecule has 4 aromatic rings. The summed E-state index contributed by atoms with van der Waals surface area (Å²) in [5.74, 6) is -3.38. The van der Waals surface area contributed by atoms with E-state index in [0.29, 0.717) is 12.8 Å². The van der Waals surface area contributed by atoms with Gasteiger partial charge in [-0.15, -0.1) is 0 Å². The molecule has 46 heavy (non-hydrogen) atoms. The van der Waals surface area contributed by atoms with Gasteiger partial charge in [-0.25, -0.2) is 18.0 Å². The van der Waals surface area contributed by atoms with Crippen molar-refractivity contribution in [3.8, 4) is 22.9 Å². The van der Waals surface area contributed by atoms with Gasteiger partial charge in [-0.3, -0.25) is 4.90 Å². The van der Waals surface area contributed by atoms with Crippen LogP contribution in [0, 0.1) is 17.5 Å². The number of carbonyl (C=O) groups is 1. The lowest BCUT2D eigenvalue weighted by Gasteiger charge is -2.40. The molecule has 3 aromatic carbocycles. The second kappa shape index (κ2) is 11.9. The number of amides is 1. The molecular formula is C31H26F6N4O5. The minimum Gasteiger partial charge on any atom is -0.468 e.